The van der Waals surface area contributed by atoms with E-state index in [9.17, 15) is 14.4 Å². The zero-order chi connectivity index (χ0) is 25.2. The Labute approximate surface area is 207 Å². The van der Waals surface area contributed by atoms with Gasteiger partial charge in [-0.25, -0.2) is 4.99 Å². The number of esters is 1. The average Bonchev–Trinajstić information content (AvgIpc) is 2.86. The number of carbonyl (C=O) groups is 3. The molecule has 1 heterocycles. The predicted molar refractivity (Wildman–Crippen MR) is 133 cm³/mol. The topological polar surface area (TPSA) is 101 Å². The predicted octanol–water partition coefficient (Wildman–Crippen LogP) is 3.53. The van der Waals surface area contributed by atoms with Crippen molar-refractivity contribution in [2.45, 2.75) is 77.8 Å². The highest BCUT2D eigenvalue weighted by Crippen LogP contribution is 2.30. The molecule has 1 aliphatic heterocycles. The number of nitrogens with one attached hydrogen (secondary N) is 1. The van der Waals surface area contributed by atoms with Crippen LogP contribution >= 0.6 is 0 Å². The second kappa shape index (κ2) is 13.1. The molecule has 1 aromatic carbocycles. The normalized spacial score (nSPS) is 15.6. The Kier molecular flexibility index (Phi) is 9.93. The van der Waals surface area contributed by atoms with E-state index in [0.29, 0.717) is 55.9 Å². The Morgan fingerprint density at radius 1 is 1.17 bits per heavy atom. The third kappa shape index (κ3) is 7.70. The van der Waals surface area contributed by atoms with Crippen molar-refractivity contribution >= 4 is 29.4 Å². The minimum Gasteiger partial charge on any atom is -0.494 e. The van der Waals surface area contributed by atoms with E-state index in [1.807, 2.05) is 30.1 Å². The highest BCUT2D eigenvalue weighted by atomic mass is 16.5. The number of amides is 2. The van der Waals surface area contributed by atoms with E-state index >= 15 is 0 Å². The number of carbonyl (C=O) groups excluding carboxylic acids is 3. The third-order valence-corrected chi connectivity index (χ3v) is 6.46. The Hall–Kier alpha value is -3.10. The van der Waals surface area contributed by atoms with Crippen LogP contribution in [0.3, 0.4) is 0 Å². The van der Waals surface area contributed by atoms with Gasteiger partial charge in [0.1, 0.15) is 12.3 Å². The third-order valence-electron chi connectivity index (χ3n) is 6.46. The van der Waals surface area contributed by atoms with Crippen LogP contribution in [0.5, 0.6) is 5.75 Å². The Morgan fingerprint density at radius 3 is 2.66 bits per heavy atom. The highest BCUT2D eigenvalue weighted by molar-refractivity contribution is 5.99. The van der Waals surface area contributed by atoms with Gasteiger partial charge in [-0.05, 0) is 44.4 Å². The molecule has 0 bridgehead atoms. The largest absolute Gasteiger partial charge is 0.494 e. The summed E-state index contributed by atoms with van der Waals surface area (Å²) >= 11 is 0. The summed E-state index contributed by atoms with van der Waals surface area (Å²) in [6.45, 7) is 4.61. The molecule has 0 spiro atoms. The lowest BCUT2D eigenvalue weighted by atomic mass is 9.94. The molecule has 1 aromatic rings. The first kappa shape index (κ1) is 26.5. The molecule has 2 aliphatic rings. The summed E-state index contributed by atoms with van der Waals surface area (Å²) in [5, 5.41) is 2.77. The molecule has 9 nitrogen and oxygen atoms in total. The van der Waals surface area contributed by atoms with Gasteiger partial charge in [-0.15, -0.1) is 0 Å². The lowest BCUT2D eigenvalue weighted by molar-refractivity contribution is -0.143. The summed E-state index contributed by atoms with van der Waals surface area (Å²) in [7, 11) is 1.92. The molecule has 1 N–H and O–H groups in total. The highest BCUT2D eigenvalue weighted by Gasteiger charge is 2.25. The summed E-state index contributed by atoms with van der Waals surface area (Å²) in [4.78, 5) is 44.7. The first-order valence-corrected chi connectivity index (χ1v) is 12.7. The number of nitrogens with zero attached hydrogens (tertiary/aromatic N) is 3. The average molecular weight is 487 g/mol. The first-order valence-electron chi connectivity index (χ1n) is 12.7. The lowest BCUT2D eigenvalue weighted by Gasteiger charge is -2.31. The number of guanidine groups is 1. The summed E-state index contributed by atoms with van der Waals surface area (Å²) in [5.41, 5.74) is 1.60. The van der Waals surface area contributed by atoms with Crippen LogP contribution < -0.4 is 10.1 Å². The molecule has 0 radical (unpaired) electrons. The van der Waals surface area contributed by atoms with Gasteiger partial charge in [0.2, 0.25) is 17.8 Å². The number of rotatable bonds is 10. The van der Waals surface area contributed by atoms with Gasteiger partial charge in [-0.2, -0.15) is 0 Å². The fraction of sp³-hybridized carbons (Fsp3) is 0.615. The molecule has 0 aromatic heterocycles. The van der Waals surface area contributed by atoms with E-state index in [-0.39, 0.29) is 30.9 Å². The van der Waals surface area contributed by atoms with Gasteiger partial charge in [-0.1, -0.05) is 26.2 Å². The van der Waals surface area contributed by atoms with Gasteiger partial charge in [0.25, 0.3) is 0 Å². The van der Waals surface area contributed by atoms with Gasteiger partial charge in [0.05, 0.1) is 18.9 Å². The summed E-state index contributed by atoms with van der Waals surface area (Å²) in [5.74, 6) is 0.640. The van der Waals surface area contributed by atoms with Crippen LogP contribution in [0.4, 0.5) is 5.69 Å². The smallest absolute Gasteiger partial charge is 0.325 e. The molecule has 2 amide bonds. The van der Waals surface area contributed by atoms with Crippen LogP contribution in [-0.2, 0) is 25.7 Å². The van der Waals surface area contributed by atoms with E-state index in [1.165, 1.54) is 19.3 Å². The van der Waals surface area contributed by atoms with E-state index in [0.717, 1.165) is 18.4 Å². The molecule has 0 unspecified atom stereocenters. The van der Waals surface area contributed by atoms with Crippen LogP contribution in [0.1, 0.15) is 70.8 Å². The summed E-state index contributed by atoms with van der Waals surface area (Å²) in [6, 6.07) is 5.94. The second-order valence-electron chi connectivity index (χ2n) is 9.04. The van der Waals surface area contributed by atoms with Gasteiger partial charge in [0, 0.05) is 38.0 Å². The van der Waals surface area contributed by atoms with Crippen molar-refractivity contribution in [3.8, 4) is 5.75 Å². The summed E-state index contributed by atoms with van der Waals surface area (Å²) < 4.78 is 11.0. The zero-order valence-electron chi connectivity index (χ0n) is 21.2. The van der Waals surface area contributed by atoms with Crippen molar-refractivity contribution in [2.24, 2.45) is 4.99 Å². The molecule has 1 aliphatic carbocycles. The van der Waals surface area contributed by atoms with Crippen molar-refractivity contribution in [1.82, 2.24) is 15.1 Å². The number of aliphatic imine (C=N–C) groups is 1. The molecule has 35 heavy (non-hydrogen) atoms. The van der Waals surface area contributed by atoms with Crippen LogP contribution in [0.25, 0.3) is 0 Å². The fourth-order valence-electron chi connectivity index (χ4n) is 4.43. The minimum absolute atomic E-state index is 0.0161. The molecule has 3 rings (SSSR count). The first-order chi connectivity index (χ1) is 16.9. The fourth-order valence-corrected chi connectivity index (χ4v) is 4.43. The number of hydrogen-bond donors (Lipinski definition) is 1. The molecule has 0 atom stereocenters. The molecule has 192 valence electrons. The maximum atomic E-state index is 12.5. The monoisotopic (exact) mass is 486 g/mol. The minimum atomic E-state index is -0.385. The number of benzene rings is 1. The van der Waals surface area contributed by atoms with E-state index < -0.39 is 0 Å². The van der Waals surface area contributed by atoms with Crippen molar-refractivity contribution in [3.63, 3.8) is 0 Å². The van der Waals surface area contributed by atoms with E-state index in [1.54, 1.807) is 18.7 Å². The molecule has 1 saturated carbocycles. The molecular formula is C26H38N4O5. The molecule has 0 saturated heterocycles. The standard InChI is InChI=1S/C26H38N4O5/c1-4-23(31)28-26-27-22-14-13-21(16-19(22)17-30(26)18-25(33)34-5-2)35-15-9-12-24(32)29(3)20-10-7-6-8-11-20/h13-14,16,20H,4-12,15,17-18H2,1-3H3,(H,27,28,31). The summed E-state index contributed by atoms with van der Waals surface area (Å²) in [6.07, 6.45) is 7.32. The van der Waals surface area contributed by atoms with Crippen molar-refractivity contribution in [1.29, 1.82) is 0 Å². The maximum absolute atomic E-state index is 12.5. The van der Waals surface area contributed by atoms with Crippen molar-refractivity contribution in [2.75, 3.05) is 26.8 Å². The van der Waals surface area contributed by atoms with Gasteiger partial charge >= 0.3 is 5.97 Å². The van der Waals surface area contributed by atoms with Crippen LogP contribution in [0, 0.1) is 0 Å². The van der Waals surface area contributed by atoms with Gasteiger partial charge in [0.15, 0.2) is 0 Å². The van der Waals surface area contributed by atoms with Crippen molar-refractivity contribution in [3.05, 3.63) is 23.8 Å². The van der Waals surface area contributed by atoms with E-state index in [2.05, 4.69) is 10.3 Å². The molecular weight excluding hydrogens is 448 g/mol. The van der Waals surface area contributed by atoms with Gasteiger partial charge < -0.3 is 19.3 Å². The molecule has 9 heteroatoms. The van der Waals surface area contributed by atoms with Crippen LogP contribution in [0.15, 0.2) is 23.2 Å². The number of hydrogen-bond acceptors (Lipinski definition) is 7. The maximum Gasteiger partial charge on any atom is 0.325 e. The number of fused-ring (bicyclic) bond motifs is 1. The van der Waals surface area contributed by atoms with E-state index in [4.69, 9.17) is 9.47 Å². The zero-order valence-corrected chi connectivity index (χ0v) is 21.2. The Morgan fingerprint density at radius 2 is 1.94 bits per heavy atom. The second-order valence-corrected chi connectivity index (χ2v) is 9.04. The quantitative estimate of drug-likeness (QED) is 0.401. The lowest BCUT2D eigenvalue weighted by Crippen LogP contribution is -2.47. The number of ether oxygens (including phenoxy) is 2. The van der Waals surface area contributed by atoms with Gasteiger partial charge in [-0.3, -0.25) is 19.7 Å². The van der Waals surface area contributed by atoms with Crippen LogP contribution in [-0.4, -0.2) is 66.4 Å². The van der Waals surface area contributed by atoms with Crippen molar-refractivity contribution < 1.29 is 23.9 Å². The Balaban J connectivity index is 1.56. The van der Waals surface area contributed by atoms with Crippen LogP contribution in [0.2, 0.25) is 0 Å². The Bertz CT molecular complexity index is 926. The SMILES string of the molecule is CCOC(=O)CN1Cc2cc(OCCCC(=O)N(C)C3CCCCC3)ccc2N=C1NC(=O)CC. The molecule has 1 fully saturated rings.